The van der Waals surface area contributed by atoms with Gasteiger partial charge in [-0.2, -0.15) is 24.3 Å². The van der Waals surface area contributed by atoms with E-state index in [9.17, 15) is 0 Å². The summed E-state index contributed by atoms with van der Waals surface area (Å²) in [5.74, 6) is 0. The van der Waals surface area contributed by atoms with E-state index < -0.39 is 0 Å². The molecular weight excluding hydrogens is 283 g/mol. The molecule has 1 nitrogen and oxygen atoms in total. The van der Waals surface area contributed by atoms with Gasteiger partial charge >= 0.3 is 32.7 Å². The number of nitrogens with zero attached hydrogens (tertiary/aromatic N) is 1. The van der Waals surface area contributed by atoms with Crippen molar-refractivity contribution in [1.82, 2.24) is 4.90 Å². The van der Waals surface area contributed by atoms with Gasteiger partial charge in [-0.15, -0.1) is 11.1 Å². The fourth-order valence-corrected chi connectivity index (χ4v) is 3.02. The Balaban J connectivity index is 0.00000108. The Morgan fingerprint density at radius 2 is 2.06 bits per heavy atom. The summed E-state index contributed by atoms with van der Waals surface area (Å²) in [6.07, 6.45) is 2.78. The molecule has 0 amide bonds. The molecule has 1 saturated carbocycles. The summed E-state index contributed by atoms with van der Waals surface area (Å²) in [4.78, 5) is 2.68. The topological polar surface area (TPSA) is 3.24 Å². The van der Waals surface area contributed by atoms with Gasteiger partial charge in [0.25, 0.3) is 0 Å². The second kappa shape index (κ2) is 4.75. The van der Waals surface area contributed by atoms with E-state index in [1.165, 1.54) is 24.0 Å². The van der Waals surface area contributed by atoms with Crippen LogP contribution in [0, 0.1) is 6.07 Å². The molecule has 1 aliphatic heterocycles. The number of benzene rings is 1. The molecule has 0 radical (unpaired) electrons. The Kier molecular flexibility index (Phi) is 3.83. The normalized spacial score (nSPS) is 27.1. The Morgan fingerprint density at radius 1 is 1.35 bits per heavy atom. The molecule has 1 aromatic carbocycles. The minimum absolute atomic E-state index is 0. The molecule has 0 spiro atoms. The predicted molar refractivity (Wildman–Crippen MR) is 66.3 cm³/mol. The number of fused-ring (bicyclic) bond motifs is 1. The van der Waals surface area contributed by atoms with Crippen LogP contribution in [0.3, 0.4) is 0 Å². The van der Waals surface area contributed by atoms with Gasteiger partial charge in [0.1, 0.15) is 0 Å². The molecule has 2 heteroatoms. The largest absolute Gasteiger partial charge is 3.00 e. The third-order valence-electron chi connectivity index (χ3n) is 4.53. The smallest absolute Gasteiger partial charge is 0.296 e. The van der Waals surface area contributed by atoms with Crippen molar-refractivity contribution in [3.63, 3.8) is 0 Å². The van der Waals surface area contributed by atoms with Crippen molar-refractivity contribution < 1.29 is 32.7 Å². The summed E-state index contributed by atoms with van der Waals surface area (Å²) in [5.41, 5.74) is 3.17. The Bertz CT molecular complexity index is 409. The third-order valence-corrected chi connectivity index (χ3v) is 4.53. The molecule has 0 aromatic heterocycles. The van der Waals surface area contributed by atoms with Crippen LogP contribution in [0.25, 0.3) is 0 Å². The van der Waals surface area contributed by atoms with Crippen LogP contribution in [0.2, 0.25) is 0 Å². The Labute approximate surface area is 130 Å². The first kappa shape index (κ1) is 13.7. The van der Waals surface area contributed by atoms with Crippen LogP contribution in [-0.2, 0) is 44.7 Å². The zero-order valence-corrected chi connectivity index (χ0v) is 13.9. The monoisotopic (exact) mass is 303 g/mol. The van der Waals surface area contributed by atoms with Crippen LogP contribution >= 0.6 is 0 Å². The minimum atomic E-state index is 0. The zero-order valence-electron chi connectivity index (χ0n) is 11.0. The number of hydrogen-bond acceptors (Lipinski definition) is 1. The van der Waals surface area contributed by atoms with Gasteiger partial charge in [-0.3, -0.25) is 4.90 Å². The van der Waals surface area contributed by atoms with Gasteiger partial charge in [-0.05, 0) is 25.2 Å². The standard InChI is InChI=1S/C15H20N.Y/c1-11-15(2,3)14-7-5-4-6-12(14)10-16(11)13-8-9-13;/h4-5,7,11,13H,8-10H2,1-3H3;/q-1;+3. The van der Waals surface area contributed by atoms with Gasteiger partial charge in [-0.25, -0.2) is 0 Å². The molecule has 2 aliphatic rings. The molecule has 1 heterocycles. The van der Waals surface area contributed by atoms with Crippen molar-refractivity contribution in [2.24, 2.45) is 0 Å². The van der Waals surface area contributed by atoms with Crippen LogP contribution in [0.4, 0.5) is 0 Å². The molecule has 1 unspecified atom stereocenters. The van der Waals surface area contributed by atoms with Crippen molar-refractivity contribution in [3.8, 4) is 0 Å². The fourth-order valence-electron chi connectivity index (χ4n) is 3.02. The quantitative estimate of drug-likeness (QED) is 0.721. The summed E-state index contributed by atoms with van der Waals surface area (Å²) < 4.78 is 0. The molecule has 1 aliphatic carbocycles. The van der Waals surface area contributed by atoms with Gasteiger partial charge in [0.15, 0.2) is 0 Å². The summed E-state index contributed by atoms with van der Waals surface area (Å²) in [5, 5.41) is 0. The van der Waals surface area contributed by atoms with Crippen LogP contribution in [0.5, 0.6) is 0 Å². The maximum absolute atomic E-state index is 3.44. The summed E-state index contributed by atoms with van der Waals surface area (Å²) >= 11 is 0. The van der Waals surface area contributed by atoms with Crippen LogP contribution in [0.1, 0.15) is 44.7 Å². The summed E-state index contributed by atoms with van der Waals surface area (Å²) in [7, 11) is 0. The fraction of sp³-hybridized carbons (Fsp3) is 0.600. The third kappa shape index (κ3) is 2.27. The van der Waals surface area contributed by atoms with E-state index in [1.54, 1.807) is 0 Å². The average molecular weight is 303 g/mol. The second-order valence-electron chi connectivity index (χ2n) is 5.86. The SMILES string of the molecule is CC1N(C2CC2)Cc2[c-]cccc2C1(C)C.[Y+3]. The summed E-state index contributed by atoms with van der Waals surface area (Å²) in [6.45, 7) is 8.23. The van der Waals surface area contributed by atoms with Crippen molar-refractivity contribution in [2.75, 3.05) is 0 Å². The van der Waals surface area contributed by atoms with Crippen LogP contribution in [-0.4, -0.2) is 17.0 Å². The Morgan fingerprint density at radius 3 is 2.71 bits per heavy atom. The average Bonchev–Trinajstić information content (AvgIpc) is 3.08. The van der Waals surface area contributed by atoms with Crippen molar-refractivity contribution in [3.05, 3.63) is 35.4 Å². The molecular formula is C15H20NY+2. The van der Waals surface area contributed by atoms with Crippen LogP contribution < -0.4 is 0 Å². The maximum atomic E-state index is 3.44. The minimum Gasteiger partial charge on any atom is -0.296 e. The van der Waals surface area contributed by atoms with E-state index in [4.69, 9.17) is 0 Å². The van der Waals surface area contributed by atoms with Crippen molar-refractivity contribution >= 4 is 0 Å². The second-order valence-corrected chi connectivity index (χ2v) is 5.86. The first-order valence-electron chi connectivity index (χ1n) is 6.36. The van der Waals surface area contributed by atoms with Crippen molar-refractivity contribution in [2.45, 2.75) is 57.7 Å². The van der Waals surface area contributed by atoms with E-state index >= 15 is 0 Å². The van der Waals surface area contributed by atoms with Gasteiger partial charge in [0, 0.05) is 18.6 Å². The van der Waals surface area contributed by atoms with E-state index in [0.717, 1.165) is 12.6 Å². The van der Waals surface area contributed by atoms with Crippen LogP contribution in [0.15, 0.2) is 18.2 Å². The molecule has 17 heavy (non-hydrogen) atoms. The number of rotatable bonds is 1. The molecule has 86 valence electrons. The van der Waals surface area contributed by atoms with Gasteiger partial charge in [0.2, 0.25) is 0 Å². The molecule has 3 rings (SSSR count). The van der Waals surface area contributed by atoms with Crippen molar-refractivity contribution in [1.29, 1.82) is 0 Å². The number of hydrogen-bond donors (Lipinski definition) is 0. The molecule has 0 saturated heterocycles. The van der Waals surface area contributed by atoms with E-state index in [-0.39, 0.29) is 38.1 Å². The predicted octanol–water partition coefficient (Wildman–Crippen LogP) is 3.13. The van der Waals surface area contributed by atoms with Gasteiger partial charge in [-0.1, -0.05) is 13.8 Å². The van der Waals surface area contributed by atoms with E-state index in [1.807, 2.05) is 0 Å². The molecule has 0 N–H and O–H groups in total. The maximum Gasteiger partial charge on any atom is 3.00 e. The molecule has 0 bridgehead atoms. The van der Waals surface area contributed by atoms with E-state index in [0.29, 0.717) is 6.04 Å². The zero-order chi connectivity index (χ0) is 11.3. The summed E-state index contributed by atoms with van der Waals surface area (Å²) in [6, 6.07) is 11.4. The molecule has 1 aromatic rings. The first-order chi connectivity index (χ1) is 7.60. The van der Waals surface area contributed by atoms with E-state index in [2.05, 4.69) is 49.9 Å². The molecule has 1 atom stereocenters. The first-order valence-corrected chi connectivity index (χ1v) is 6.36. The van der Waals surface area contributed by atoms with Gasteiger partial charge in [0.05, 0.1) is 0 Å². The Hall–Kier alpha value is 0.284. The van der Waals surface area contributed by atoms with Gasteiger partial charge < -0.3 is 0 Å². The molecule has 1 fully saturated rings.